The average Bonchev–Trinajstić information content (AvgIpc) is 2.82. The zero-order valence-corrected chi connectivity index (χ0v) is 15.7. The van der Waals surface area contributed by atoms with E-state index in [1.54, 1.807) is 0 Å². The lowest BCUT2D eigenvalue weighted by atomic mass is 9.88. The van der Waals surface area contributed by atoms with Crippen molar-refractivity contribution < 1.29 is 0 Å². The number of unbranched alkanes of at least 4 members (excludes halogenated alkanes) is 3. The summed E-state index contributed by atoms with van der Waals surface area (Å²) in [6.45, 7) is 14.9. The number of aromatic nitrogens is 3. The third kappa shape index (κ3) is 7.42. The van der Waals surface area contributed by atoms with Gasteiger partial charge in [0.25, 0.3) is 0 Å². The predicted octanol–water partition coefficient (Wildman–Crippen LogP) is 5.50. The van der Waals surface area contributed by atoms with Crippen LogP contribution < -0.4 is 0 Å². The summed E-state index contributed by atoms with van der Waals surface area (Å²) in [5, 5.41) is 8.34. The molecule has 0 bridgehead atoms. The predicted molar refractivity (Wildman–Crippen MR) is 94.9 cm³/mol. The first-order valence-electron chi connectivity index (χ1n) is 9.21. The van der Waals surface area contributed by atoms with Crippen LogP contribution in [0.5, 0.6) is 0 Å². The summed E-state index contributed by atoms with van der Waals surface area (Å²) in [6, 6.07) is 0. The van der Waals surface area contributed by atoms with Gasteiger partial charge in [-0.2, -0.15) is 0 Å². The van der Waals surface area contributed by atoms with E-state index in [4.69, 9.17) is 0 Å². The Balaban J connectivity index is 2.22. The fourth-order valence-electron chi connectivity index (χ4n) is 3.18. The van der Waals surface area contributed by atoms with Crippen molar-refractivity contribution in [1.82, 2.24) is 15.0 Å². The zero-order valence-electron chi connectivity index (χ0n) is 15.7. The van der Waals surface area contributed by atoms with Crippen molar-refractivity contribution in [3.05, 3.63) is 11.9 Å². The van der Waals surface area contributed by atoms with Crippen LogP contribution in [-0.4, -0.2) is 15.0 Å². The van der Waals surface area contributed by atoms with Crippen LogP contribution in [0.4, 0.5) is 0 Å². The van der Waals surface area contributed by atoms with Gasteiger partial charge in [-0.25, -0.2) is 4.68 Å². The van der Waals surface area contributed by atoms with E-state index in [1.807, 2.05) is 6.20 Å². The Bertz CT molecular complexity index is 401. The van der Waals surface area contributed by atoms with Crippen molar-refractivity contribution in [2.75, 3.05) is 0 Å². The molecule has 0 fully saturated rings. The lowest BCUT2D eigenvalue weighted by molar-refractivity contribution is 0.334. The Morgan fingerprint density at radius 3 is 2.36 bits per heavy atom. The van der Waals surface area contributed by atoms with Crippen LogP contribution in [0.25, 0.3) is 0 Å². The van der Waals surface area contributed by atoms with Crippen LogP contribution in [-0.2, 0) is 13.0 Å². The Morgan fingerprint density at radius 2 is 1.77 bits per heavy atom. The molecule has 1 aromatic rings. The molecule has 1 aromatic heterocycles. The number of aryl methyl sites for hydroxylation is 1. The van der Waals surface area contributed by atoms with Gasteiger partial charge in [-0.1, -0.05) is 78.9 Å². The summed E-state index contributed by atoms with van der Waals surface area (Å²) in [7, 11) is 0. The highest BCUT2D eigenvalue weighted by atomic mass is 15.4. The van der Waals surface area contributed by atoms with E-state index in [0.717, 1.165) is 24.8 Å². The number of hydrogen-bond acceptors (Lipinski definition) is 2. The minimum atomic E-state index is 0.297. The number of rotatable bonds is 10. The van der Waals surface area contributed by atoms with Gasteiger partial charge in [0.05, 0.1) is 11.9 Å². The molecule has 1 rings (SSSR count). The molecule has 0 aliphatic heterocycles. The van der Waals surface area contributed by atoms with Crippen molar-refractivity contribution in [3.63, 3.8) is 0 Å². The molecule has 0 radical (unpaired) electrons. The van der Waals surface area contributed by atoms with Gasteiger partial charge < -0.3 is 0 Å². The van der Waals surface area contributed by atoms with E-state index in [9.17, 15) is 0 Å². The minimum Gasteiger partial charge on any atom is -0.249 e. The molecule has 22 heavy (non-hydrogen) atoms. The molecule has 3 heteroatoms. The molecule has 128 valence electrons. The van der Waals surface area contributed by atoms with Crippen molar-refractivity contribution in [2.45, 2.75) is 93.0 Å². The van der Waals surface area contributed by atoms with Crippen LogP contribution in [0, 0.1) is 17.3 Å². The van der Waals surface area contributed by atoms with E-state index >= 15 is 0 Å². The van der Waals surface area contributed by atoms with E-state index < -0.39 is 0 Å². The van der Waals surface area contributed by atoms with Crippen LogP contribution >= 0.6 is 0 Å². The van der Waals surface area contributed by atoms with Crippen molar-refractivity contribution in [1.29, 1.82) is 0 Å². The SMILES string of the molecule is CCC(CCCCCCn1nncc1CC(C)(C)C)C(C)C. The molecular formula is C19H37N3. The molecule has 0 aliphatic carbocycles. The van der Waals surface area contributed by atoms with Crippen LogP contribution in [0.15, 0.2) is 6.20 Å². The molecule has 0 saturated heterocycles. The second-order valence-corrected chi connectivity index (χ2v) is 8.30. The molecule has 0 aromatic carbocycles. The molecule has 0 spiro atoms. The van der Waals surface area contributed by atoms with Crippen molar-refractivity contribution >= 4 is 0 Å². The minimum absolute atomic E-state index is 0.297. The molecule has 1 heterocycles. The fourth-order valence-corrected chi connectivity index (χ4v) is 3.18. The quantitative estimate of drug-likeness (QED) is 0.534. The smallest absolute Gasteiger partial charge is 0.0725 e. The zero-order chi connectivity index (χ0) is 16.6. The Hall–Kier alpha value is -0.860. The van der Waals surface area contributed by atoms with Gasteiger partial charge in [-0.3, -0.25) is 0 Å². The maximum atomic E-state index is 4.25. The summed E-state index contributed by atoms with van der Waals surface area (Å²) in [5.74, 6) is 1.74. The van der Waals surface area contributed by atoms with E-state index in [-0.39, 0.29) is 0 Å². The molecule has 1 atom stereocenters. The molecular weight excluding hydrogens is 270 g/mol. The average molecular weight is 308 g/mol. The second-order valence-electron chi connectivity index (χ2n) is 8.30. The van der Waals surface area contributed by atoms with Crippen LogP contribution in [0.3, 0.4) is 0 Å². The molecule has 1 unspecified atom stereocenters. The normalized spacial score (nSPS) is 13.8. The van der Waals surface area contributed by atoms with Gasteiger partial charge in [0.15, 0.2) is 0 Å². The van der Waals surface area contributed by atoms with Gasteiger partial charge in [0.2, 0.25) is 0 Å². The molecule has 0 saturated carbocycles. The van der Waals surface area contributed by atoms with Gasteiger partial charge in [-0.05, 0) is 30.1 Å². The standard InChI is InChI=1S/C19H37N3/c1-7-17(16(2)3)12-10-8-9-11-13-22-18(15-20-21-22)14-19(4,5)6/h15-17H,7-14H2,1-6H3. The van der Waals surface area contributed by atoms with Crippen LogP contribution in [0.2, 0.25) is 0 Å². The monoisotopic (exact) mass is 307 g/mol. The molecule has 0 aliphatic rings. The molecule has 0 N–H and O–H groups in total. The number of nitrogens with zero attached hydrogens (tertiary/aromatic N) is 3. The fraction of sp³-hybridized carbons (Fsp3) is 0.895. The maximum absolute atomic E-state index is 4.25. The third-order valence-corrected chi connectivity index (χ3v) is 4.57. The first-order valence-corrected chi connectivity index (χ1v) is 9.21. The van der Waals surface area contributed by atoms with E-state index in [1.165, 1.54) is 44.2 Å². The first kappa shape index (κ1) is 19.2. The highest BCUT2D eigenvalue weighted by Crippen LogP contribution is 2.22. The summed E-state index contributed by atoms with van der Waals surface area (Å²) in [4.78, 5) is 0. The van der Waals surface area contributed by atoms with Gasteiger partial charge in [-0.15, -0.1) is 5.10 Å². The third-order valence-electron chi connectivity index (χ3n) is 4.57. The highest BCUT2D eigenvalue weighted by molar-refractivity contribution is 4.97. The van der Waals surface area contributed by atoms with Crippen LogP contribution in [0.1, 0.15) is 85.8 Å². The summed E-state index contributed by atoms with van der Waals surface area (Å²) in [5.41, 5.74) is 1.57. The van der Waals surface area contributed by atoms with E-state index in [0.29, 0.717) is 5.41 Å². The van der Waals surface area contributed by atoms with Gasteiger partial charge >= 0.3 is 0 Å². The Labute approximate surface area is 137 Å². The maximum Gasteiger partial charge on any atom is 0.0725 e. The van der Waals surface area contributed by atoms with Gasteiger partial charge in [0.1, 0.15) is 0 Å². The lowest BCUT2D eigenvalue weighted by Gasteiger charge is -2.19. The lowest BCUT2D eigenvalue weighted by Crippen LogP contribution is -2.14. The first-order chi connectivity index (χ1) is 10.3. The van der Waals surface area contributed by atoms with Gasteiger partial charge in [0, 0.05) is 6.54 Å². The topological polar surface area (TPSA) is 30.7 Å². The molecule has 0 amide bonds. The largest absolute Gasteiger partial charge is 0.249 e. The van der Waals surface area contributed by atoms with E-state index in [2.05, 4.69) is 56.5 Å². The highest BCUT2D eigenvalue weighted by Gasteiger charge is 2.15. The molecule has 3 nitrogen and oxygen atoms in total. The van der Waals surface area contributed by atoms with Crippen molar-refractivity contribution in [3.8, 4) is 0 Å². The Morgan fingerprint density at radius 1 is 1.09 bits per heavy atom. The summed E-state index contributed by atoms with van der Waals surface area (Å²) < 4.78 is 2.11. The summed E-state index contributed by atoms with van der Waals surface area (Å²) >= 11 is 0. The number of hydrogen-bond donors (Lipinski definition) is 0. The Kier molecular flexibility index (Phi) is 8.13. The van der Waals surface area contributed by atoms with Crippen molar-refractivity contribution in [2.24, 2.45) is 17.3 Å². The second kappa shape index (κ2) is 9.32. The summed E-state index contributed by atoms with van der Waals surface area (Å²) in [6.07, 6.45) is 11.0.